The predicted octanol–water partition coefficient (Wildman–Crippen LogP) is 3.86. The minimum absolute atomic E-state index is 0.0648. The number of carbonyl (C=O) groups excluding carboxylic acids is 2. The molecule has 0 saturated carbocycles. The molecule has 1 fully saturated rings. The highest BCUT2D eigenvalue weighted by Crippen LogP contribution is 2.41. The van der Waals surface area contributed by atoms with E-state index in [0.29, 0.717) is 25.3 Å². The maximum atomic E-state index is 12.4. The van der Waals surface area contributed by atoms with Gasteiger partial charge >= 0.3 is 6.09 Å². The molecule has 1 saturated heterocycles. The lowest BCUT2D eigenvalue weighted by molar-refractivity contribution is -0.120. The molecule has 1 aliphatic heterocycles. The van der Waals surface area contributed by atoms with Gasteiger partial charge in [-0.25, -0.2) is 4.79 Å². The molecule has 1 rings (SSSR count). The van der Waals surface area contributed by atoms with Crippen molar-refractivity contribution in [2.24, 2.45) is 10.8 Å². The zero-order chi connectivity index (χ0) is 16.5. The van der Waals surface area contributed by atoms with Gasteiger partial charge in [-0.15, -0.1) is 11.6 Å². The van der Waals surface area contributed by atoms with Gasteiger partial charge in [-0.1, -0.05) is 20.8 Å². The molecule has 2 atom stereocenters. The monoisotopic (exact) mass is 317 g/mol. The standard InChI is InChI=1S/C16H28ClNO3/c1-14(2,3)12-9-16(10-17,11-19)7-8-18(12)13(20)21-15(4,5)6/h11-12H,7-10H2,1-6H3. The van der Waals surface area contributed by atoms with Crippen LogP contribution in [0.5, 0.6) is 0 Å². The third-order valence-corrected chi connectivity index (χ3v) is 4.50. The fraction of sp³-hybridized carbons (Fsp3) is 0.875. The van der Waals surface area contributed by atoms with Crippen molar-refractivity contribution >= 4 is 24.0 Å². The molecule has 1 heterocycles. The van der Waals surface area contributed by atoms with Crippen LogP contribution in [-0.2, 0) is 9.53 Å². The molecular weight excluding hydrogens is 290 g/mol. The first-order valence-electron chi connectivity index (χ1n) is 7.46. The molecule has 0 spiro atoms. The second-order valence-corrected chi connectivity index (χ2v) is 8.39. The molecule has 21 heavy (non-hydrogen) atoms. The van der Waals surface area contributed by atoms with Crippen molar-refractivity contribution in [3.05, 3.63) is 0 Å². The van der Waals surface area contributed by atoms with Gasteiger partial charge in [0.05, 0.1) is 0 Å². The van der Waals surface area contributed by atoms with E-state index in [1.165, 1.54) is 0 Å². The van der Waals surface area contributed by atoms with Crippen LogP contribution in [0.25, 0.3) is 0 Å². The molecule has 0 aromatic carbocycles. The number of halogens is 1. The SMILES string of the molecule is CC(C)(C)OC(=O)N1CCC(C=O)(CCl)CC1C(C)(C)C. The van der Waals surface area contributed by atoms with E-state index in [1.807, 2.05) is 20.8 Å². The fourth-order valence-corrected chi connectivity index (χ4v) is 2.97. The van der Waals surface area contributed by atoms with E-state index in [4.69, 9.17) is 16.3 Å². The fourth-order valence-electron chi connectivity index (χ4n) is 2.67. The van der Waals surface area contributed by atoms with E-state index in [1.54, 1.807) is 4.90 Å². The molecule has 0 N–H and O–H groups in total. The number of alkyl halides is 1. The quantitative estimate of drug-likeness (QED) is 0.574. The summed E-state index contributed by atoms with van der Waals surface area (Å²) in [5.74, 6) is 0.297. The summed E-state index contributed by atoms with van der Waals surface area (Å²) in [4.78, 5) is 25.7. The van der Waals surface area contributed by atoms with Crippen LogP contribution in [0.2, 0.25) is 0 Å². The van der Waals surface area contributed by atoms with Crippen LogP contribution >= 0.6 is 11.6 Å². The third kappa shape index (κ3) is 4.60. The van der Waals surface area contributed by atoms with Gasteiger partial charge in [-0.3, -0.25) is 0 Å². The number of hydrogen-bond donors (Lipinski definition) is 0. The smallest absolute Gasteiger partial charge is 0.410 e. The van der Waals surface area contributed by atoms with Gasteiger partial charge in [0.25, 0.3) is 0 Å². The van der Waals surface area contributed by atoms with Crippen molar-refractivity contribution in [2.45, 2.75) is 66.0 Å². The van der Waals surface area contributed by atoms with Crippen LogP contribution in [0.15, 0.2) is 0 Å². The van der Waals surface area contributed by atoms with E-state index in [0.717, 1.165) is 6.29 Å². The lowest BCUT2D eigenvalue weighted by atomic mass is 9.70. The zero-order valence-electron chi connectivity index (χ0n) is 14.0. The minimum Gasteiger partial charge on any atom is -0.444 e. The largest absolute Gasteiger partial charge is 0.444 e. The summed E-state index contributed by atoms with van der Waals surface area (Å²) in [7, 11) is 0. The maximum Gasteiger partial charge on any atom is 0.410 e. The summed E-state index contributed by atoms with van der Waals surface area (Å²) in [6.07, 6.45) is 1.83. The van der Waals surface area contributed by atoms with Crippen LogP contribution in [-0.4, -0.2) is 41.3 Å². The molecular formula is C16H28ClNO3. The number of piperidine rings is 1. The lowest BCUT2D eigenvalue weighted by Gasteiger charge is -2.48. The van der Waals surface area contributed by atoms with Crippen molar-refractivity contribution < 1.29 is 14.3 Å². The molecule has 0 bridgehead atoms. The highest BCUT2D eigenvalue weighted by atomic mass is 35.5. The van der Waals surface area contributed by atoms with Crippen molar-refractivity contribution in [3.8, 4) is 0 Å². The highest BCUT2D eigenvalue weighted by Gasteiger charge is 2.46. The first kappa shape index (κ1) is 18.3. The number of nitrogens with zero attached hydrogens (tertiary/aromatic N) is 1. The Morgan fingerprint density at radius 1 is 1.33 bits per heavy atom. The molecule has 1 amide bonds. The number of aldehydes is 1. The minimum atomic E-state index is -0.530. The average Bonchev–Trinajstić information content (AvgIpc) is 2.35. The normalized spacial score (nSPS) is 27.4. The summed E-state index contributed by atoms with van der Waals surface area (Å²) in [5.41, 5.74) is -1.19. The molecule has 0 aromatic heterocycles. The first-order chi connectivity index (χ1) is 9.44. The summed E-state index contributed by atoms with van der Waals surface area (Å²) in [5, 5.41) is 0. The molecule has 1 aliphatic rings. The van der Waals surface area contributed by atoms with Gasteiger partial charge in [-0.2, -0.15) is 0 Å². The van der Waals surface area contributed by atoms with Crippen molar-refractivity contribution in [3.63, 3.8) is 0 Å². The van der Waals surface area contributed by atoms with Gasteiger partial charge in [0, 0.05) is 23.9 Å². The second-order valence-electron chi connectivity index (χ2n) is 8.12. The first-order valence-corrected chi connectivity index (χ1v) is 7.99. The highest BCUT2D eigenvalue weighted by molar-refractivity contribution is 6.19. The molecule has 0 radical (unpaired) electrons. The number of ether oxygens (including phenoxy) is 1. The van der Waals surface area contributed by atoms with E-state index >= 15 is 0 Å². The van der Waals surface area contributed by atoms with Crippen molar-refractivity contribution in [1.29, 1.82) is 0 Å². The van der Waals surface area contributed by atoms with E-state index in [-0.39, 0.29) is 17.6 Å². The molecule has 2 unspecified atom stereocenters. The van der Waals surface area contributed by atoms with Gasteiger partial charge in [0.2, 0.25) is 0 Å². The molecule has 0 aromatic rings. The Hall–Kier alpha value is -0.770. The molecule has 5 heteroatoms. The van der Waals surface area contributed by atoms with E-state index in [9.17, 15) is 9.59 Å². The Labute approximate surface area is 133 Å². The summed E-state index contributed by atoms with van der Waals surface area (Å²) < 4.78 is 5.50. The van der Waals surface area contributed by atoms with Gasteiger partial charge in [0.1, 0.15) is 11.9 Å². The van der Waals surface area contributed by atoms with E-state index < -0.39 is 11.0 Å². The Morgan fingerprint density at radius 2 is 1.90 bits per heavy atom. The van der Waals surface area contributed by atoms with Crippen LogP contribution in [0, 0.1) is 10.8 Å². The Bertz CT molecular complexity index is 397. The van der Waals surface area contributed by atoms with Gasteiger partial charge < -0.3 is 14.4 Å². The lowest BCUT2D eigenvalue weighted by Crippen LogP contribution is -2.56. The van der Waals surface area contributed by atoms with Crippen molar-refractivity contribution in [2.75, 3.05) is 12.4 Å². The topological polar surface area (TPSA) is 46.6 Å². The number of hydrogen-bond acceptors (Lipinski definition) is 3. The number of carbonyl (C=O) groups is 2. The van der Waals surface area contributed by atoms with Crippen molar-refractivity contribution in [1.82, 2.24) is 4.90 Å². The maximum absolute atomic E-state index is 12.4. The average molecular weight is 318 g/mol. The Balaban J connectivity index is 3.00. The summed E-state index contributed by atoms with van der Waals surface area (Å²) >= 11 is 6.02. The molecule has 0 aliphatic carbocycles. The van der Waals surface area contributed by atoms with Crippen LogP contribution in [0.1, 0.15) is 54.4 Å². The van der Waals surface area contributed by atoms with Gasteiger partial charge in [0.15, 0.2) is 0 Å². The van der Waals surface area contributed by atoms with Crippen LogP contribution in [0.3, 0.4) is 0 Å². The Morgan fingerprint density at radius 3 is 2.29 bits per heavy atom. The van der Waals surface area contributed by atoms with E-state index in [2.05, 4.69) is 20.8 Å². The van der Waals surface area contributed by atoms with Crippen LogP contribution < -0.4 is 0 Å². The number of rotatable bonds is 2. The summed E-state index contributed by atoms with van der Waals surface area (Å²) in [6, 6.07) is -0.0648. The molecule has 4 nitrogen and oxygen atoms in total. The number of amides is 1. The number of likely N-dealkylation sites (tertiary alicyclic amines) is 1. The second kappa shape index (κ2) is 6.15. The third-order valence-electron chi connectivity index (χ3n) is 3.97. The van der Waals surface area contributed by atoms with Crippen LogP contribution in [0.4, 0.5) is 4.79 Å². The Kier molecular flexibility index (Phi) is 5.36. The zero-order valence-corrected chi connectivity index (χ0v) is 14.8. The predicted molar refractivity (Wildman–Crippen MR) is 84.6 cm³/mol. The molecule has 122 valence electrons. The van der Waals surface area contributed by atoms with Gasteiger partial charge in [-0.05, 0) is 39.0 Å². The summed E-state index contributed by atoms with van der Waals surface area (Å²) in [6.45, 7) is 12.3.